The van der Waals surface area contributed by atoms with Gasteiger partial charge in [-0.3, -0.25) is 4.90 Å². The normalized spacial score (nSPS) is 19.9. The predicted molar refractivity (Wildman–Crippen MR) is 127 cm³/mol. The molecular weight excluding hydrogens is 513 g/mol. The summed E-state index contributed by atoms with van der Waals surface area (Å²) in [6.45, 7) is 1.35. The molecule has 1 atom stereocenters. The Balaban J connectivity index is 1.40. The van der Waals surface area contributed by atoms with Gasteiger partial charge in [0.15, 0.2) is 11.6 Å². The summed E-state index contributed by atoms with van der Waals surface area (Å²) < 4.78 is 86.1. The van der Waals surface area contributed by atoms with E-state index in [9.17, 15) is 13.2 Å². The molecule has 1 N–H and O–H groups in total. The third-order valence-electron chi connectivity index (χ3n) is 7.12. The highest BCUT2D eigenvalue weighted by atomic mass is 19.3. The lowest BCUT2D eigenvalue weighted by atomic mass is 10.1. The Morgan fingerprint density at radius 3 is 2.66 bits per heavy atom. The van der Waals surface area contributed by atoms with Crippen molar-refractivity contribution in [2.45, 2.75) is 31.5 Å². The van der Waals surface area contributed by atoms with Crippen molar-refractivity contribution in [3.8, 4) is 17.0 Å². The van der Waals surface area contributed by atoms with E-state index in [2.05, 4.69) is 20.4 Å². The van der Waals surface area contributed by atoms with Gasteiger partial charge in [0.1, 0.15) is 29.6 Å². The SMILES string of the molecule is COc1nc(N[C@@H]2CN(C3COC3)CC2(F)F)nn2cc(F)c(-c3cc(F)c4nc(C)n(CCF)c4c3)c12. The van der Waals surface area contributed by atoms with E-state index in [1.54, 1.807) is 11.8 Å². The topological polar surface area (TPSA) is 81.7 Å². The van der Waals surface area contributed by atoms with Gasteiger partial charge in [0.05, 0.1) is 56.7 Å². The molecule has 0 spiro atoms. The van der Waals surface area contributed by atoms with E-state index in [1.165, 1.54) is 17.7 Å². The number of likely N-dealkylation sites (tertiary alicyclic amines) is 1. The molecule has 38 heavy (non-hydrogen) atoms. The Kier molecular flexibility index (Phi) is 5.90. The van der Waals surface area contributed by atoms with Gasteiger partial charge in [-0.15, -0.1) is 5.10 Å². The van der Waals surface area contributed by atoms with E-state index in [0.717, 1.165) is 16.8 Å². The summed E-state index contributed by atoms with van der Waals surface area (Å²) in [7, 11) is 1.30. The van der Waals surface area contributed by atoms with Crippen LogP contribution in [0.2, 0.25) is 0 Å². The highest BCUT2D eigenvalue weighted by molar-refractivity contribution is 5.90. The Bertz CT molecular complexity index is 1530. The van der Waals surface area contributed by atoms with Gasteiger partial charge in [0.25, 0.3) is 5.92 Å². The molecule has 202 valence electrons. The Labute approximate surface area is 213 Å². The number of benzene rings is 1. The first kappa shape index (κ1) is 24.8. The standard InChI is InChI=1S/C24H24F5N7O2/c1-12-30-20-15(26)5-13(6-17(20)35(12)4-3-25)19-16(27)7-36-21(19)22(37-2)32-23(33-36)31-18-8-34(11-24(18,28)29)14-9-38-10-14/h5-7,14,18H,3-4,8-11H2,1-2H3,(H,31,33)/t18-/m1/s1. The van der Waals surface area contributed by atoms with Crippen LogP contribution in [0.25, 0.3) is 27.7 Å². The number of fused-ring (bicyclic) bond motifs is 2. The molecule has 3 aromatic heterocycles. The van der Waals surface area contributed by atoms with Crippen LogP contribution in [0.15, 0.2) is 18.3 Å². The molecule has 0 amide bonds. The first-order valence-electron chi connectivity index (χ1n) is 12.0. The zero-order valence-corrected chi connectivity index (χ0v) is 20.5. The van der Waals surface area contributed by atoms with Crippen LogP contribution in [0, 0.1) is 18.6 Å². The second-order valence-electron chi connectivity index (χ2n) is 9.49. The van der Waals surface area contributed by atoms with Crippen molar-refractivity contribution in [3.05, 3.63) is 35.8 Å². The molecule has 5 heterocycles. The fourth-order valence-corrected chi connectivity index (χ4v) is 5.14. The van der Waals surface area contributed by atoms with Gasteiger partial charge in [0.2, 0.25) is 11.8 Å². The maximum absolute atomic E-state index is 15.3. The molecule has 0 saturated carbocycles. The molecule has 2 fully saturated rings. The summed E-state index contributed by atoms with van der Waals surface area (Å²) in [5.41, 5.74) is 0.504. The molecule has 9 nitrogen and oxygen atoms in total. The third-order valence-corrected chi connectivity index (χ3v) is 7.12. The van der Waals surface area contributed by atoms with E-state index in [4.69, 9.17) is 9.47 Å². The smallest absolute Gasteiger partial charge is 0.281 e. The summed E-state index contributed by atoms with van der Waals surface area (Å²) in [6, 6.07) is 1.29. The van der Waals surface area contributed by atoms with E-state index in [0.29, 0.717) is 24.6 Å². The number of halogens is 5. The second-order valence-corrected chi connectivity index (χ2v) is 9.49. The van der Waals surface area contributed by atoms with E-state index in [1.807, 2.05) is 0 Å². The van der Waals surface area contributed by atoms with Crippen LogP contribution in [0.4, 0.5) is 27.9 Å². The number of alkyl halides is 3. The molecule has 0 bridgehead atoms. The molecule has 2 saturated heterocycles. The van der Waals surface area contributed by atoms with Crippen molar-refractivity contribution in [2.24, 2.45) is 0 Å². The zero-order valence-electron chi connectivity index (χ0n) is 20.5. The number of hydrogen-bond acceptors (Lipinski definition) is 7. The number of nitrogens with zero attached hydrogens (tertiary/aromatic N) is 6. The monoisotopic (exact) mass is 537 g/mol. The number of nitrogens with one attached hydrogen (secondary N) is 1. The highest BCUT2D eigenvalue weighted by Gasteiger charge is 2.51. The van der Waals surface area contributed by atoms with Crippen molar-refractivity contribution in [1.29, 1.82) is 0 Å². The first-order chi connectivity index (χ1) is 18.2. The maximum atomic E-state index is 15.3. The fourth-order valence-electron chi connectivity index (χ4n) is 5.14. The fraction of sp³-hybridized carbons (Fsp3) is 0.458. The Hall–Kier alpha value is -3.52. The number of imidazole rings is 1. The predicted octanol–water partition coefficient (Wildman–Crippen LogP) is 3.44. The number of hydrogen-bond donors (Lipinski definition) is 1. The van der Waals surface area contributed by atoms with Crippen LogP contribution in [0.1, 0.15) is 5.82 Å². The van der Waals surface area contributed by atoms with Crippen molar-refractivity contribution in [2.75, 3.05) is 45.4 Å². The Morgan fingerprint density at radius 2 is 1.97 bits per heavy atom. The minimum atomic E-state index is -3.05. The number of aromatic nitrogens is 5. The summed E-state index contributed by atoms with van der Waals surface area (Å²) in [6.07, 6.45) is 1.04. The molecule has 0 radical (unpaired) electrons. The number of anilines is 1. The van der Waals surface area contributed by atoms with Gasteiger partial charge < -0.3 is 19.4 Å². The van der Waals surface area contributed by atoms with Crippen LogP contribution >= 0.6 is 0 Å². The molecule has 6 rings (SSSR count). The largest absolute Gasteiger partial charge is 0.479 e. The number of aryl methyl sites for hydroxylation is 2. The third kappa shape index (κ3) is 3.93. The molecule has 2 aliphatic rings. The molecule has 1 aromatic carbocycles. The van der Waals surface area contributed by atoms with Crippen LogP contribution in [-0.2, 0) is 11.3 Å². The maximum Gasteiger partial charge on any atom is 0.281 e. The molecule has 0 aliphatic carbocycles. The van der Waals surface area contributed by atoms with Gasteiger partial charge in [-0.25, -0.2) is 31.5 Å². The zero-order chi connectivity index (χ0) is 26.8. The summed E-state index contributed by atoms with van der Waals surface area (Å²) >= 11 is 0. The lowest BCUT2D eigenvalue weighted by Crippen LogP contribution is -2.48. The van der Waals surface area contributed by atoms with Gasteiger partial charge in [-0.1, -0.05) is 0 Å². The van der Waals surface area contributed by atoms with Crippen molar-refractivity contribution < 1.29 is 31.4 Å². The highest BCUT2D eigenvalue weighted by Crippen LogP contribution is 2.37. The van der Waals surface area contributed by atoms with Crippen LogP contribution in [0.5, 0.6) is 5.88 Å². The quantitative estimate of drug-likeness (QED) is 0.362. The molecule has 4 aromatic rings. The average molecular weight is 537 g/mol. The number of ether oxygens (including phenoxy) is 2. The number of rotatable bonds is 7. The van der Waals surface area contributed by atoms with Crippen LogP contribution < -0.4 is 10.1 Å². The second kappa shape index (κ2) is 9.05. The van der Waals surface area contributed by atoms with Gasteiger partial charge in [0, 0.05) is 6.54 Å². The average Bonchev–Trinajstić information content (AvgIpc) is 3.43. The van der Waals surface area contributed by atoms with Crippen molar-refractivity contribution in [3.63, 3.8) is 0 Å². The van der Waals surface area contributed by atoms with Crippen molar-refractivity contribution >= 4 is 22.5 Å². The number of methoxy groups -OCH3 is 1. The molecule has 14 heteroatoms. The lowest BCUT2D eigenvalue weighted by molar-refractivity contribution is -0.0711. The first-order valence-corrected chi connectivity index (χ1v) is 12.0. The van der Waals surface area contributed by atoms with Gasteiger partial charge in [-0.2, -0.15) is 4.98 Å². The van der Waals surface area contributed by atoms with E-state index < -0.39 is 36.8 Å². The van der Waals surface area contributed by atoms with E-state index in [-0.39, 0.29) is 53.1 Å². The van der Waals surface area contributed by atoms with Crippen LogP contribution in [-0.4, -0.2) is 87.1 Å². The minimum absolute atomic E-state index is 0.0390. The van der Waals surface area contributed by atoms with Gasteiger partial charge >= 0.3 is 0 Å². The summed E-state index contributed by atoms with van der Waals surface area (Å²) in [4.78, 5) is 10.0. The summed E-state index contributed by atoms with van der Waals surface area (Å²) in [5.74, 6) is -4.38. The molecule has 0 unspecified atom stereocenters. The van der Waals surface area contributed by atoms with E-state index >= 15 is 8.78 Å². The molecule has 2 aliphatic heterocycles. The minimum Gasteiger partial charge on any atom is -0.479 e. The van der Waals surface area contributed by atoms with Crippen LogP contribution in [0.3, 0.4) is 0 Å². The molecular formula is C24H24F5N7O2. The lowest BCUT2D eigenvalue weighted by Gasteiger charge is -2.34. The van der Waals surface area contributed by atoms with Gasteiger partial charge in [-0.05, 0) is 24.6 Å². The summed E-state index contributed by atoms with van der Waals surface area (Å²) in [5, 5.41) is 6.87. The van der Waals surface area contributed by atoms with Crippen molar-refractivity contribution in [1.82, 2.24) is 29.0 Å². The Morgan fingerprint density at radius 1 is 1.18 bits per heavy atom.